The van der Waals surface area contributed by atoms with Gasteiger partial charge in [-0.15, -0.1) is 0 Å². The molecule has 0 saturated heterocycles. The quantitative estimate of drug-likeness (QED) is 0.477. The van der Waals surface area contributed by atoms with Crippen molar-refractivity contribution < 1.29 is 29.4 Å². The van der Waals surface area contributed by atoms with Crippen molar-refractivity contribution in [3.63, 3.8) is 0 Å². The highest BCUT2D eigenvalue weighted by atomic mass is 17.2. The molecule has 0 aromatic heterocycles. The molecule has 0 spiro atoms. The predicted molar refractivity (Wildman–Crippen MR) is 52.4 cm³/mol. The number of benzene rings is 1. The molecule has 0 saturated carbocycles. The maximum Gasteiger partial charge on any atom is 0.352 e. The second-order valence-corrected chi connectivity index (χ2v) is 2.90. The van der Waals surface area contributed by atoms with Gasteiger partial charge in [0.15, 0.2) is 5.75 Å². The highest BCUT2D eigenvalue weighted by molar-refractivity contribution is 5.91. The zero-order chi connectivity index (χ0) is 13.0. The van der Waals surface area contributed by atoms with E-state index < -0.39 is 22.6 Å². The molecule has 0 aliphatic rings. The summed E-state index contributed by atoms with van der Waals surface area (Å²) in [5.74, 6) is -2.59. The Labute approximate surface area is 94.5 Å². The first-order valence-corrected chi connectivity index (χ1v) is 4.28. The van der Waals surface area contributed by atoms with Crippen LogP contribution in [0, 0.1) is 10.1 Å². The summed E-state index contributed by atoms with van der Waals surface area (Å²) in [7, 11) is 0. The minimum absolute atomic E-state index is 0.350. The molecule has 8 nitrogen and oxygen atoms in total. The molecule has 1 aromatic rings. The number of hydrogen-bond donors (Lipinski definition) is 1. The zero-order valence-corrected chi connectivity index (χ0v) is 8.58. The number of nitrogens with zero attached hydrogens (tertiary/aromatic N) is 1. The van der Waals surface area contributed by atoms with Gasteiger partial charge in [-0.1, -0.05) is 0 Å². The molecular weight excluding hydrogens is 234 g/mol. The van der Waals surface area contributed by atoms with E-state index >= 15 is 0 Å². The fourth-order valence-corrected chi connectivity index (χ4v) is 0.974. The maximum atomic E-state index is 10.8. The number of hydrogen-bond acceptors (Lipinski definition) is 6. The third-order valence-electron chi connectivity index (χ3n) is 1.66. The Balaban J connectivity index is 3.11. The monoisotopic (exact) mass is 241 g/mol. The van der Waals surface area contributed by atoms with Gasteiger partial charge in [-0.3, -0.25) is 19.9 Å². The molecule has 90 valence electrons. The second-order valence-electron chi connectivity index (χ2n) is 2.90. The number of carboxylic acids is 1. The van der Waals surface area contributed by atoms with Gasteiger partial charge in [0.2, 0.25) is 0 Å². The fourth-order valence-electron chi connectivity index (χ4n) is 0.974. The summed E-state index contributed by atoms with van der Waals surface area (Å²) in [6.45, 7) is 1.04. The van der Waals surface area contributed by atoms with Crippen molar-refractivity contribution in [3.8, 4) is 5.75 Å². The van der Waals surface area contributed by atoms with Crippen LogP contribution in [0.3, 0.4) is 0 Å². The molecule has 1 rings (SSSR count). The molecule has 0 aliphatic carbocycles. The van der Waals surface area contributed by atoms with Gasteiger partial charge in [0.1, 0.15) is 5.56 Å². The van der Waals surface area contributed by atoms with Crippen molar-refractivity contribution in [3.05, 3.63) is 33.9 Å². The van der Waals surface area contributed by atoms with Crippen LogP contribution in [-0.2, 0) is 9.68 Å². The van der Waals surface area contributed by atoms with Crippen molar-refractivity contribution >= 4 is 17.6 Å². The molecule has 0 aliphatic heterocycles. The van der Waals surface area contributed by atoms with E-state index in [1.807, 2.05) is 0 Å². The van der Waals surface area contributed by atoms with Crippen LogP contribution >= 0.6 is 0 Å². The molecule has 0 fully saturated rings. The number of nitro groups is 1. The van der Waals surface area contributed by atoms with Crippen LogP contribution in [-0.4, -0.2) is 22.0 Å². The van der Waals surface area contributed by atoms with Crippen LogP contribution in [0.4, 0.5) is 5.69 Å². The Morgan fingerprint density at radius 2 is 2.06 bits per heavy atom. The molecule has 0 bridgehead atoms. The van der Waals surface area contributed by atoms with E-state index in [4.69, 9.17) is 5.11 Å². The molecule has 0 atom stereocenters. The van der Waals surface area contributed by atoms with Gasteiger partial charge in [0, 0.05) is 13.0 Å². The average molecular weight is 241 g/mol. The Morgan fingerprint density at radius 1 is 1.41 bits per heavy atom. The highest BCUT2D eigenvalue weighted by Gasteiger charge is 2.18. The molecule has 0 unspecified atom stereocenters. The second kappa shape index (κ2) is 4.92. The minimum atomic E-state index is -1.36. The summed E-state index contributed by atoms with van der Waals surface area (Å²) in [5, 5.41) is 19.2. The van der Waals surface area contributed by atoms with Gasteiger partial charge < -0.3 is 5.11 Å². The average Bonchev–Trinajstić information content (AvgIpc) is 2.25. The third-order valence-corrected chi connectivity index (χ3v) is 1.66. The van der Waals surface area contributed by atoms with Gasteiger partial charge in [0.25, 0.3) is 5.69 Å². The Bertz CT molecular complexity index is 482. The number of nitro benzene ring substituents is 1. The number of rotatable bonds is 4. The van der Waals surface area contributed by atoms with Crippen molar-refractivity contribution in [1.82, 2.24) is 0 Å². The largest absolute Gasteiger partial charge is 0.478 e. The van der Waals surface area contributed by atoms with Gasteiger partial charge in [-0.2, -0.15) is 0 Å². The van der Waals surface area contributed by atoms with E-state index in [1.165, 1.54) is 0 Å². The number of carbonyl (C=O) groups excluding carboxylic acids is 1. The first-order valence-electron chi connectivity index (χ1n) is 4.28. The van der Waals surface area contributed by atoms with Crippen LogP contribution in [0.5, 0.6) is 5.75 Å². The fraction of sp³-hybridized carbons (Fsp3) is 0.111. The summed E-state index contributed by atoms with van der Waals surface area (Å²) < 4.78 is 0. The number of carbonyl (C=O) groups is 2. The molecule has 0 radical (unpaired) electrons. The molecule has 17 heavy (non-hydrogen) atoms. The van der Waals surface area contributed by atoms with Crippen LogP contribution in [0.15, 0.2) is 18.2 Å². The Kier molecular flexibility index (Phi) is 3.60. The lowest BCUT2D eigenvalue weighted by Gasteiger charge is -2.05. The number of non-ortho nitro benzene ring substituents is 1. The highest BCUT2D eigenvalue weighted by Crippen LogP contribution is 2.25. The normalized spacial score (nSPS) is 9.47. The maximum absolute atomic E-state index is 10.8. The van der Waals surface area contributed by atoms with E-state index in [0.29, 0.717) is 0 Å². The summed E-state index contributed by atoms with van der Waals surface area (Å²) in [4.78, 5) is 39.5. The summed E-state index contributed by atoms with van der Waals surface area (Å²) in [6.07, 6.45) is 0. The smallest absolute Gasteiger partial charge is 0.352 e. The first-order chi connectivity index (χ1) is 7.91. The molecule has 8 heteroatoms. The lowest BCUT2D eigenvalue weighted by molar-refractivity contribution is -0.385. The first kappa shape index (κ1) is 12.4. The standard InChI is InChI=1S/C9H7NO7/c1-5(11)16-17-8-4-6(10(14)15)2-3-7(8)9(12)13/h2-4H,1H3,(H,12,13). The molecular formula is C9H7NO7. The van der Waals surface area contributed by atoms with E-state index in [1.54, 1.807) is 0 Å². The summed E-state index contributed by atoms with van der Waals surface area (Å²) >= 11 is 0. The number of carboxylic acid groups (broad SMARTS) is 1. The van der Waals surface area contributed by atoms with Gasteiger partial charge >= 0.3 is 11.9 Å². The van der Waals surface area contributed by atoms with Crippen molar-refractivity contribution in [2.75, 3.05) is 0 Å². The molecule has 1 aromatic carbocycles. The molecule has 1 N–H and O–H groups in total. The van der Waals surface area contributed by atoms with E-state index in [2.05, 4.69) is 9.78 Å². The number of aromatic carboxylic acids is 1. The molecule has 0 heterocycles. The van der Waals surface area contributed by atoms with Gasteiger partial charge in [0.05, 0.1) is 11.0 Å². The minimum Gasteiger partial charge on any atom is -0.478 e. The van der Waals surface area contributed by atoms with Crippen molar-refractivity contribution in [2.24, 2.45) is 0 Å². The zero-order valence-electron chi connectivity index (χ0n) is 8.58. The lowest BCUT2D eigenvalue weighted by Crippen LogP contribution is -2.07. The van der Waals surface area contributed by atoms with E-state index in [9.17, 15) is 19.7 Å². The van der Waals surface area contributed by atoms with Crippen LogP contribution in [0.1, 0.15) is 17.3 Å². The van der Waals surface area contributed by atoms with E-state index in [-0.39, 0.29) is 11.3 Å². The SMILES string of the molecule is CC(=O)OOc1cc([N+](=O)[O-])ccc1C(=O)O. The van der Waals surface area contributed by atoms with Crippen LogP contribution < -0.4 is 4.89 Å². The Hall–Kier alpha value is -2.64. The van der Waals surface area contributed by atoms with Gasteiger partial charge in [-0.05, 0) is 6.07 Å². The third kappa shape index (κ3) is 3.16. The van der Waals surface area contributed by atoms with E-state index in [0.717, 1.165) is 25.1 Å². The topological polar surface area (TPSA) is 116 Å². The molecule has 0 amide bonds. The van der Waals surface area contributed by atoms with Crippen molar-refractivity contribution in [2.45, 2.75) is 6.92 Å². The lowest BCUT2D eigenvalue weighted by atomic mass is 10.2. The summed E-state index contributed by atoms with van der Waals surface area (Å²) in [6, 6.07) is 2.84. The Morgan fingerprint density at radius 3 is 2.53 bits per heavy atom. The van der Waals surface area contributed by atoms with Crippen LogP contribution in [0.2, 0.25) is 0 Å². The van der Waals surface area contributed by atoms with Crippen LogP contribution in [0.25, 0.3) is 0 Å². The summed E-state index contributed by atoms with van der Waals surface area (Å²) in [5.41, 5.74) is -0.728. The van der Waals surface area contributed by atoms with Gasteiger partial charge in [-0.25, -0.2) is 9.59 Å². The predicted octanol–water partition coefficient (Wildman–Crippen LogP) is 1.15. The van der Waals surface area contributed by atoms with Crippen molar-refractivity contribution in [1.29, 1.82) is 0 Å².